The highest BCUT2D eigenvalue weighted by Crippen LogP contribution is 2.30. The van der Waals surface area contributed by atoms with Gasteiger partial charge in [0.05, 0.1) is 5.02 Å². The van der Waals surface area contributed by atoms with E-state index in [1.807, 2.05) is 19.9 Å². The maximum Gasteiger partial charge on any atom is 0.244 e. The topological polar surface area (TPSA) is 63.4 Å². The summed E-state index contributed by atoms with van der Waals surface area (Å²) in [5.74, 6) is 0.398. The summed E-state index contributed by atoms with van der Waals surface area (Å²) in [5.41, 5.74) is 6.66. The van der Waals surface area contributed by atoms with Crippen molar-refractivity contribution in [2.24, 2.45) is 11.7 Å². The Morgan fingerprint density at radius 3 is 2.50 bits per heavy atom. The highest BCUT2D eigenvalue weighted by Gasteiger charge is 2.31. The molecule has 1 aliphatic rings. The van der Waals surface area contributed by atoms with Crippen LogP contribution in [0.1, 0.15) is 25.3 Å². The Labute approximate surface area is 126 Å². The van der Waals surface area contributed by atoms with Crippen molar-refractivity contribution in [1.29, 1.82) is 0 Å². The Bertz CT molecular complexity index is 579. The van der Waals surface area contributed by atoms with E-state index in [1.54, 1.807) is 12.1 Å². The molecule has 1 aromatic carbocycles. The minimum atomic E-state index is -3.50. The largest absolute Gasteiger partial charge is 0.328 e. The molecule has 0 aliphatic carbocycles. The molecule has 112 valence electrons. The number of benzene rings is 1. The van der Waals surface area contributed by atoms with Crippen LogP contribution in [0, 0.1) is 12.8 Å². The van der Waals surface area contributed by atoms with E-state index in [9.17, 15) is 8.42 Å². The van der Waals surface area contributed by atoms with Gasteiger partial charge in [0.15, 0.2) is 0 Å². The molecule has 2 N–H and O–H groups in total. The van der Waals surface area contributed by atoms with Crippen LogP contribution in [-0.4, -0.2) is 31.9 Å². The second-order valence-corrected chi connectivity index (χ2v) is 7.77. The lowest BCUT2D eigenvalue weighted by atomic mass is 9.92. The van der Waals surface area contributed by atoms with Gasteiger partial charge in [-0.15, -0.1) is 0 Å². The summed E-state index contributed by atoms with van der Waals surface area (Å²) in [6.07, 6.45) is 1.61. The number of halogens is 1. The molecule has 1 heterocycles. The predicted molar refractivity (Wildman–Crippen MR) is 81.3 cm³/mol. The molecule has 0 spiro atoms. The number of nitrogens with zero attached hydrogens (tertiary/aromatic N) is 1. The third kappa shape index (κ3) is 3.01. The predicted octanol–water partition coefficient (Wildman–Crippen LogP) is 2.40. The number of sulfonamides is 1. The van der Waals surface area contributed by atoms with E-state index in [-0.39, 0.29) is 10.9 Å². The van der Waals surface area contributed by atoms with Crippen LogP contribution in [0.3, 0.4) is 0 Å². The highest BCUT2D eigenvalue weighted by molar-refractivity contribution is 7.89. The second-order valence-electron chi connectivity index (χ2n) is 5.49. The van der Waals surface area contributed by atoms with E-state index >= 15 is 0 Å². The first-order valence-electron chi connectivity index (χ1n) is 6.85. The summed E-state index contributed by atoms with van der Waals surface area (Å²) in [6.45, 7) is 4.81. The van der Waals surface area contributed by atoms with Crippen LogP contribution < -0.4 is 5.73 Å². The Morgan fingerprint density at radius 2 is 1.95 bits per heavy atom. The van der Waals surface area contributed by atoms with E-state index in [1.165, 1.54) is 4.31 Å². The van der Waals surface area contributed by atoms with E-state index < -0.39 is 10.0 Å². The lowest BCUT2D eigenvalue weighted by molar-refractivity contribution is 0.250. The monoisotopic (exact) mass is 316 g/mol. The molecule has 1 aliphatic heterocycles. The quantitative estimate of drug-likeness (QED) is 0.931. The molecule has 2 rings (SSSR count). The average molecular weight is 317 g/mol. The maximum absolute atomic E-state index is 12.6. The average Bonchev–Trinajstić information content (AvgIpc) is 2.41. The maximum atomic E-state index is 12.6. The van der Waals surface area contributed by atoms with Gasteiger partial charge in [0.1, 0.15) is 4.90 Å². The van der Waals surface area contributed by atoms with E-state index in [4.69, 9.17) is 17.3 Å². The van der Waals surface area contributed by atoms with Crippen LogP contribution in [-0.2, 0) is 10.0 Å². The summed E-state index contributed by atoms with van der Waals surface area (Å²) in [5, 5.41) is 0.321. The fourth-order valence-electron chi connectivity index (χ4n) is 2.60. The molecule has 20 heavy (non-hydrogen) atoms. The molecule has 1 unspecified atom stereocenters. The van der Waals surface area contributed by atoms with E-state index in [0.717, 1.165) is 18.4 Å². The van der Waals surface area contributed by atoms with Crippen molar-refractivity contribution in [2.75, 3.05) is 13.1 Å². The summed E-state index contributed by atoms with van der Waals surface area (Å²) in [7, 11) is -3.50. The highest BCUT2D eigenvalue weighted by atomic mass is 35.5. The Balaban J connectivity index is 2.22. The van der Waals surface area contributed by atoms with Crippen molar-refractivity contribution < 1.29 is 8.42 Å². The molecule has 0 aromatic heterocycles. The number of nitrogens with two attached hydrogens (primary N) is 1. The fourth-order valence-corrected chi connectivity index (χ4v) is 4.63. The third-order valence-electron chi connectivity index (χ3n) is 4.02. The molecule has 0 saturated carbocycles. The number of aryl methyl sites for hydroxylation is 1. The van der Waals surface area contributed by atoms with Crippen LogP contribution in [0.5, 0.6) is 0 Å². The Morgan fingerprint density at radius 1 is 1.35 bits per heavy atom. The van der Waals surface area contributed by atoms with Crippen LogP contribution in [0.2, 0.25) is 5.02 Å². The lowest BCUT2D eigenvalue weighted by Gasteiger charge is -2.33. The molecule has 1 fully saturated rings. The minimum Gasteiger partial charge on any atom is -0.328 e. The van der Waals surface area contributed by atoms with Gasteiger partial charge in [-0.3, -0.25) is 0 Å². The van der Waals surface area contributed by atoms with Gasteiger partial charge in [-0.25, -0.2) is 8.42 Å². The summed E-state index contributed by atoms with van der Waals surface area (Å²) < 4.78 is 26.8. The number of hydrogen-bond acceptors (Lipinski definition) is 3. The normalized spacial score (nSPS) is 20.0. The van der Waals surface area contributed by atoms with Gasteiger partial charge in [-0.05, 0) is 44.2 Å². The number of hydrogen-bond donors (Lipinski definition) is 1. The molecular weight excluding hydrogens is 296 g/mol. The van der Waals surface area contributed by atoms with Gasteiger partial charge in [0.25, 0.3) is 0 Å². The standard InChI is InChI=1S/C14H21ClN2O2S/c1-10-4-3-5-13(14(10)15)20(18,19)17-8-6-12(7-9-17)11(2)16/h3-5,11-12H,6-9,16H2,1-2H3. The van der Waals surface area contributed by atoms with Gasteiger partial charge >= 0.3 is 0 Å². The molecule has 1 aromatic rings. The Kier molecular flexibility index (Phi) is 4.74. The Hall–Kier alpha value is -0.620. The van der Waals surface area contributed by atoms with Crippen molar-refractivity contribution in [3.63, 3.8) is 0 Å². The van der Waals surface area contributed by atoms with Crippen LogP contribution in [0.25, 0.3) is 0 Å². The molecular formula is C14H21ClN2O2S. The van der Waals surface area contributed by atoms with Gasteiger partial charge in [0.2, 0.25) is 10.0 Å². The summed E-state index contributed by atoms with van der Waals surface area (Å²) in [4.78, 5) is 0.207. The first-order chi connectivity index (χ1) is 9.34. The van der Waals surface area contributed by atoms with Crippen LogP contribution in [0.15, 0.2) is 23.1 Å². The van der Waals surface area contributed by atoms with E-state index in [2.05, 4.69) is 0 Å². The molecule has 0 amide bonds. The SMILES string of the molecule is Cc1cccc(S(=O)(=O)N2CCC(C(C)N)CC2)c1Cl. The van der Waals surface area contributed by atoms with Gasteiger partial charge in [-0.2, -0.15) is 4.31 Å². The zero-order valence-corrected chi connectivity index (χ0v) is 13.4. The second kappa shape index (κ2) is 6.02. The summed E-state index contributed by atoms with van der Waals surface area (Å²) in [6, 6.07) is 5.22. The molecule has 4 nitrogen and oxygen atoms in total. The fraction of sp³-hybridized carbons (Fsp3) is 0.571. The lowest BCUT2D eigenvalue weighted by Crippen LogP contribution is -2.42. The van der Waals surface area contributed by atoms with Crippen molar-refractivity contribution in [1.82, 2.24) is 4.31 Å². The van der Waals surface area contributed by atoms with Gasteiger partial charge in [-0.1, -0.05) is 23.7 Å². The van der Waals surface area contributed by atoms with Crippen molar-refractivity contribution >= 4 is 21.6 Å². The first-order valence-corrected chi connectivity index (χ1v) is 8.66. The zero-order chi connectivity index (χ0) is 14.9. The first kappa shape index (κ1) is 15.8. The number of piperidine rings is 1. The van der Waals surface area contributed by atoms with Gasteiger partial charge in [0, 0.05) is 19.1 Å². The van der Waals surface area contributed by atoms with Gasteiger partial charge < -0.3 is 5.73 Å². The van der Waals surface area contributed by atoms with E-state index in [0.29, 0.717) is 24.0 Å². The number of rotatable bonds is 3. The zero-order valence-electron chi connectivity index (χ0n) is 11.8. The van der Waals surface area contributed by atoms with Crippen molar-refractivity contribution in [3.8, 4) is 0 Å². The third-order valence-corrected chi connectivity index (χ3v) is 6.57. The molecule has 0 bridgehead atoms. The van der Waals surface area contributed by atoms with Crippen molar-refractivity contribution in [2.45, 2.75) is 37.6 Å². The van der Waals surface area contributed by atoms with Crippen LogP contribution >= 0.6 is 11.6 Å². The van der Waals surface area contributed by atoms with Crippen LogP contribution in [0.4, 0.5) is 0 Å². The molecule has 0 radical (unpaired) electrons. The molecule has 6 heteroatoms. The summed E-state index contributed by atoms with van der Waals surface area (Å²) >= 11 is 6.15. The molecule has 1 atom stereocenters. The minimum absolute atomic E-state index is 0.113. The van der Waals surface area contributed by atoms with Crippen molar-refractivity contribution in [3.05, 3.63) is 28.8 Å². The molecule has 1 saturated heterocycles. The smallest absolute Gasteiger partial charge is 0.244 e.